The lowest BCUT2D eigenvalue weighted by Crippen LogP contribution is -2.40. The third-order valence-corrected chi connectivity index (χ3v) is 4.81. The van der Waals surface area contributed by atoms with Gasteiger partial charge in [-0.25, -0.2) is 4.79 Å². The molecule has 1 aromatic heterocycles. The molecule has 2 aromatic carbocycles. The molecule has 27 heavy (non-hydrogen) atoms. The van der Waals surface area contributed by atoms with Crippen LogP contribution >= 0.6 is 0 Å². The zero-order chi connectivity index (χ0) is 18.5. The van der Waals surface area contributed by atoms with Gasteiger partial charge in [-0.15, -0.1) is 0 Å². The molecule has 0 radical (unpaired) electrons. The molecule has 1 saturated heterocycles. The first-order valence-electron chi connectivity index (χ1n) is 9.29. The molecule has 0 spiro atoms. The molecular weight excluding hydrogens is 340 g/mol. The van der Waals surface area contributed by atoms with Crippen LogP contribution in [-0.2, 0) is 6.42 Å². The van der Waals surface area contributed by atoms with Crippen molar-refractivity contribution < 1.29 is 9.32 Å². The Hall–Kier alpha value is -3.15. The van der Waals surface area contributed by atoms with Crippen LogP contribution in [0.1, 0.15) is 30.3 Å². The number of carbonyl (C=O) groups is 1. The molecule has 0 aliphatic carbocycles. The number of hydrogen-bond acceptors (Lipinski definition) is 4. The molecule has 2 amide bonds. The third-order valence-electron chi connectivity index (χ3n) is 4.81. The smallest absolute Gasteiger partial charge is 0.318 e. The van der Waals surface area contributed by atoms with Crippen LogP contribution in [0, 0.1) is 0 Å². The topological polar surface area (TPSA) is 71.3 Å². The van der Waals surface area contributed by atoms with Gasteiger partial charge < -0.3 is 14.7 Å². The molecule has 1 N–H and O–H groups in total. The van der Waals surface area contributed by atoms with Crippen LogP contribution in [0.2, 0.25) is 0 Å². The minimum atomic E-state index is -0.160. The van der Waals surface area contributed by atoms with Crippen LogP contribution in [0.15, 0.2) is 65.2 Å². The second kappa shape index (κ2) is 8.03. The van der Waals surface area contributed by atoms with Crippen LogP contribution in [0.4, 0.5) is 4.79 Å². The standard InChI is InChI=1S/C21H22N4O2/c26-21(22-14-13-16-8-3-1-4-9-16)25-15-7-12-18(25)20-23-19(24-27-20)17-10-5-2-6-11-17/h1-6,8-11,18H,7,12-15H2,(H,22,26)/t18-/m0/s1. The summed E-state index contributed by atoms with van der Waals surface area (Å²) in [4.78, 5) is 18.9. The van der Waals surface area contributed by atoms with E-state index in [1.165, 1.54) is 5.56 Å². The number of urea groups is 1. The van der Waals surface area contributed by atoms with Gasteiger partial charge in [-0.05, 0) is 24.8 Å². The van der Waals surface area contributed by atoms with Crippen LogP contribution in [-0.4, -0.2) is 34.2 Å². The summed E-state index contributed by atoms with van der Waals surface area (Å²) in [6.45, 7) is 1.30. The van der Waals surface area contributed by atoms with Gasteiger partial charge in [0.05, 0.1) is 0 Å². The van der Waals surface area contributed by atoms with Gasteiger partial charge in [0, 0.05) is 18.7 Å². The molecule has 1 aliphatic rings. The molecule has 0 saturated carbocycles. The van der Waals surface area contributed by atoms with Gasteiger partial charge in [0.2, 0.25) is 11.7 Å². The van der Waals surface area contributed by atoms with E-state index >= 15 is 0 Å². The summed E-state index contributed by atoms with van der Waals surface area (Å²) >= 11 is 0. The SMILES string of the molecule is O=C(NCCc1ccccc1)N1CCC[C@H]1c1nc(-c2ccccc2)no1. The van der Waals surface area contributed by atoms with E-state index in [9.17, 15) is 4.79 Å². The number of carbonyl (C=O) groups excluding carboxylic acids is 1. The molecule has 1 fully saturated rings. The van der Waals surface area contributed by atoms with Crippen molar-refractivity contribution in [3.8, 4) is 11.4 Å². The van der Waals surface area contributed by atoms with Gasteiger partial charge in [-0.2, -0.15) is 4.98 Å². The van der Waals surface area contributed by atoms with Crippen molar-refractivity contribution in [3.05, 3.63) is 72.1 Å². The summed E-state index contributed by atoms with van der Waals surface area (Å²) in [5.41, 5.74) is 2.12. The van der Waals surface area contributed by atoms with E-state index in [4.69, 9.17) is 4.52 Å². The van der Waals surface area contributed by atoms with Crippen LogP contribution < -0.4 is 5.32 Å². The molecule has 0 unspecified atom stereocenters. The number of nitrogens with zero attached hydrogens (tertiary/aromatic N) is 3. The van der Waals surface area contributed by atoms with Crippen molar-refractivity contribution in [2.75, 3.05) is 13.1 Å². The Kier molecular flexibility index (Phi) is 5.14. The summed E-state index contributed by atoms with van der Waals surface area (Å²) < 4.78 is 5.47. The van der Waals surface area contributed by atoms with Crippen LogP contribution in [0.25, 0.3) is 11.4 Å². The molecule has 2 heterocycles. The van der Waals surface area contributed by atoms with Gasteiger partial charge >= 0.3 is 6.03 Å². The number of aromatic nitrogens is 2. The third kappa shape index (κ3) is 4.00. The van der Waals surface area contributed by atoms with Crippen molar-refractivity contribution >= 4 is 6.03 Å². The molecule has 6 nitrogen and oxygen atoms in total. The number of nitrogens with one attached hydrogen (secondary N) is 1. The predicted octanol–water partition coefficient (Wildman–Crippen LogP) is 3.83. The van der Waals surface area contributed by atoms with E-state index in [-0.39, 0.29) is 12.1 Å². The number of hydrogen-bond donors (Lipinski definition) is 1. The minimum absolute atomic E-state index is 0.0760. The Bertz CT molecular complexity index is 879. The van der Waals surface area contributed by atoms with Crippen molar-refractivity contribution in [2.45, 2.75) is 25.3 Å². The second-order valence-corrected chi connectivity index (χ2v) is 6.64. The van der Waals surface area contributed by atoms with Gasteiger partial charge in [0.15, 0.2) is 0 Å². The zero-order valence-electron chi connectivity index (χ0n) is 15.0. The number of benzene rings is 2. The monoisotopic (exact) mass is 362 g/mol. The highest BCUT2D eigenvalue weighted by molar-refractivity contribution is 5.75. The fourth-order valence-electron chi connectivity index (χ4n) is 3.40. The van der Waals surface area contributed by atoms with Gasteiger partial charge in [0.1, 0.15) is 6.04 Å². The highest BCUT2D eigenvalue weighted by Crippen LogP contribution is 2.31. The molecule has 1 aliphatic heterocycles. The lowest BCUT2D eigenvalue weighted by Gasteiger charge is -2.22. The molecular formula is C21H22N4O2. The molecule has 0 bridgehead atoms. The summed E-state index contributed by atoms with van der Waals surface area (Å²) in [6.07, 6.45) is 2.58. The predicted molar refractivity (Wildman–Crippen MR) is 102 cm³/mol. The van der Waals surface area contributed by atoms with Crippen molar-refractivity contribution in [1.29, 1.82) is 0 Å². The fourth-order valence-corrected chi connectivity index (χ4v) is 3.40. The fraction of sp³-hybridized carbons (Fsp3) is 0.286. The van der Waals surface area contributed by atoms with E-state index < -0.39 is 0 Å². The van der Waals surface area contributed by atoms with E-state index in [1.807, 2.05) is 48.5 Å². The highest BCUT2D eigenvalue weighted by Gasteiger charge is 2.34. The molecule has 3 aromatic rings. The zero-order valence-corrected chi connectivity index (χ0v) is 15.0. The maximum Gasteiger partial charge on any atom is 0.318 e. The van der Waals surface area contributed by atoms with Gasteiger partial charge in [0.25, 0.3) is 0 Å². The minimum Gasteiger partial charge on any atom is -0.338 e. The quantitative estimate of drug-likeness (QED) is 0.749. The Balaban J connectivity index is 1.38. The molecule has 4 rings (SSSR count). The van der Waals surface area contributed by atoms with E-state index in [0.717, 1.165) is 24.8 Å². The van der Waals surface area contributed by atoms with Crippen LogP contribution in [0.3, 0.4) is 0 Å². The van der Waals surface area contributed by atoms with E-state index in [0.29, 0.717) is 24.8 Å². The largest absolute Gasteiger partial charge is 0.338 e. The Morgan fingerprint density at radius 3 is 2.63 bits per heavy atom. The Morgan fingerprint density at radius 1 is 1.11 bits per heavy atom. The van der Waals surface area contributed by atoms with Crippen molar-refractivity contribution in [1.82, 2.24) is 20.4 Å². The van der Waals surface area contributed by atoms with E-state index in [2.05, 4.69) is 27.6 Å². The first-order valence-corrected chi connectivity index (χ1v) is 9.29. The van der Waals surface area contributed by atoms with Gasteiger partial charge in [-0.1, -0.05) is 65.8 Å². The van der Waals surface area contributed by atoms with Gasteiger partial charge in [-0.3, -0.25) is 0 Å². The number of likely N-dealkylation sites (tertiary alicyclic amines) is 1. The van der Waals surface area contributed by atoms with Crippen molar-refractivity contribution in [2.24, 2.45) is 0 Å². The summed E-state index contributed by atoms with van der Waals surface area (Å²) in [5, 5.41) is 7.09. The lowest BCUT2D eigenvalue weighted by molar-refractivity contribution is 0.180. The van der Waals surface area contributed by atoms with Crippen molar-refractivity contribution in [3.63, 3.8) is 0 Å². The highest BCUT2D eigenvalue weighted by atomic mass is 16.5. The molecule has 1 atom stereocenters. The normalized spacial score (nSPS) is 16.4. The van der Waals surface area contributed by atoms with E-state index in [1.54, 1.807) is 4.90 Å². The average molecular weight is 362 g/mol. The number of amides is 2. The molecule has 138 valence electrons. The Morgan fingerprint density at radius 2 is 1.85 bits per heavy atom. The maximum atomic E-state index is 12.6. The summed E-state index contributed by atoms with van der Waals surface area (Å²) in [6, 6.07) is 19.6. The number of rotatable bonds is 5. The second-order valence-electron chi connectivity index (χ2n) is 6.64. The first kappa shape index (κ1) is 17.3. The summed E-state index contributed by atoms with van der Waals surface area (Å²) in [7, 11) is 0. The lowest BCUT2D eigenvalue weighted by atomic mass is 10.1. The summed E-state index contributed by atoms with van der Waals surface area (Å²) in [5.74, 6) is 1.06. The van der Waals surface area contributed by atoms with Crippen LogP contribution in [0.5, 0.6) is 0 Å². The molecule has 6 heteroatoms. The Labute approximate surface area is 158 Å². The average Bonchev–Trinajstić information content (AvgIpc) is 3.39. The first-order chi connectivity index (χ1) is 13.3. The maximum absolute atomic E-state index is 12.6.